The van der Waals surface area contributed by atoms with E-state index in [-0.39, 0.29) is 0 Å². The molecule has 0 spiro atoms. The average molecular weight is 751 g/mol. The molecule has 0 amide bonds. The van der Waals surface area contributed by atoms with E-state index >= 15 is 0 Å². The van der Waals surface area contributed by atoms with Gasteiger partial charge in [-0.15, -0.1) is 0 Å². The Morgan fingerprint density at radius 1 is 0.407 bits per heavy atom. The minimum Gasteiger partial charge on any atom is -0.310 e. The van der Waals surface area contributed by atoms with Crippen LogP contribution in [0.3, 0.4) is 0 Å². The first-order valence-electron chi connectivity index (χ1n) is 20.4. The van der Waals surface area contributed by atoms with Crippen LogP contribution < -0.4 is 4.90 Å². The Kier molecular flexibility index (Phi) is 8.38. The first-order chi connectivity index (χ1) is 29.3. The van der Waals surface area contributed by atoms with Gasteiger partial charge in [-0.25, -0.2) is 0 Å². The molecular weight excluding hydrogens is 713 g/mol. The third-order valence-corrected chi connectivity index (χ3v) is 12.1. The highest BCUT2D eigenvalue weighted by molar-refractivity contribution is 6.28. The normalized spacial score (nSPS) is 12.8. The standard InChI is InChI=1S/C57H38N2/c58-37-42-21-10-11-28-46(42)40-22-14-26-44(35-40)59(43-24-8-3-9-25-43)45-27-15-23-41(36-45)47-33-34-52-55-48(47)31-16-32-51(55)56-53(38-17-4-1-5-18-38)49-29-12-13-30-50(49)54(57(52)56)39-19-6-2-7-20-39/h1-10,12-27,29-36H,11,28H2. The summed E-state index contributed by atoms with van der Waals surface area (Å²) < 4.78 is 0. The highest BCUT2D eigenvalue weighted by atomic mass is 15.1. The van der Waals surface area contributed by atoms with Gasteiger partial charge in [-0.1, -0.05) is 164 Å². The molecule has 2 aliphatic rings. The molecule has 0 saturated heterocycles. The van der Waals surface area contributed by atoms with Crippen molar-refractivity contribution in [3.8, 4) is 61.7 Å². The zero-order chi connectivity index (χ0) is 39.3. The molecule has 9 aromatic carbocycles. The molecule has 276 valence electrons. The van der Waals surface area contributed by atoms with Crippen LogP contribution in [0.15, 0.2) is 212 Å². The summed E-state index contributed by atoms with van der Waals surface area (Å²) in [6.45, 7) is 0. The van der Waals surface area contributed by atoms with Crippen molar-refractivity contribution >= 4 is 44.2 Å². The number of nitrogens with zero attached hydrogens (tertiary/aromatic N) is 2. The van der Waals surface area contributed by atoms with E-state index in [0.717, 1.165) is 52.2 Å². The van der Waals surface area contributed by atoms with Gasteiger partial charge in [0.05, 0.1) is 11.6 Å². The topological polar surface area (TPSA) is 27.0 Å². The van der Waals surface area contributed by atoms with Gasteiger partial charge in [0.15, 0.2) is 0 Å². The monoisotopic (exact) mass is 750 g/mol. The van der Waals surface area contributed by atoms with Crippen LogP contribution in [0, 0.1) is 11.3 Å². The van der Waals surface area contributed by atoms with Gasteiger partial charge >= 0.3 is 0 Å². The van der Waals surface area contributed by atoms with E-state index in [4.69, 9.17) is 0 Å². The second kappa shape index (κ2) is 14.3. The van der Waals surface area contributed by atoms with Gasteiger partial charge in [0.2, 0.25) is 0 Å². The minimum absolute atomic E-state index is 0.746. The molecule has 59 heavy (non-hydrogen) atoms. The van der Waals surface area contributed by atoms with E-state index in [0.29, 0.717) is 0 Å². The molecule has 0 saturated carbocycles. The lowest BCUT2D eigenvalue weighted by Gasteiger charge is -2.27. The van der Waals surface area contributed by atoms with Gasteiger partial charge in [-0.3, -0.25) is 0 Å². The Labute approximate surface area is 344 Å². The van der Waals surface area contributed by atoms with Gasteiger partial charge in [0, 0.05) is 17.1 Å². The summed E-state index contributed by atoms with van der Waals surface area (Å²) in [6, 6.07) is 73.0. The number of nitriles is 1. The number of benzene rings is 9. The number of fused-ring (bicyclic) bond motifs is 4. The van der Waals surface area contributed by atoms with E-state index < -0.39 is 0 Å². The number of anilines is 3. The third kappa shape index (κ3) is 5.71. The van der Waals surface area contributed by atoms with Crippen LogP contribution in [0.2, 0.25) is 0 Å². The Hall–Kier alpha value is -7.73. The number of allylic oxidation sites excluding steroid dienone is 4. The van der Waals surface area contributed by atoms with E-state index in [1.54, 1.807) is 0 Å². The average Bonchev–Trinajstić information content (AvgIpc) is 3.64. The zero-order valence-electron chi connectivity index (χ0n) is 32.4. The summed E-state index contributed by atoms with van der Waals surface area (Å²) in [5.41, 5.74) is 18.7. The predicted octanol–water partition coefficient (Wildman–Crippen LogP) is 15.7. The molecule has 0 N–H and O–H groups in total. The fourth-order valence-electron chi connectivity index (χ4n) is 9.60. The molecule has 11 rings (SSSR count). The van der Waals surface area contributed by atoms with Gasteiger partial charge in [0.25, 0.3) is 0 Å². The summed E-state index contributed by atoms with van der Waals surface area (Å²) in [6.07, 6.45) is 5.85. The molecule has 0 aliphatic heterocycles. The lowest BCUT2D eigenvalue weighted by molar-refractivity contribution is 1.04. The summed E-state index contributed by atoms with van der Waals surface area (Å²) >= 11 is 0. The van der Waals surface area contributed by atoms with Crippen molar-refractivity contribution in [1.82, 2.24) is 0 Å². The number of hydrogen-bond acceptors (Lipinski definition) is 2. The summed E-state index contributed by atoms with van der Waals surface area (Å²) in [5.74, 6) is 0. The van der Waals surface area contributed by atoms with Crippen LogP contribution in [-0.4, -0.2) is 0 Å². The van der Waals surface area contributed by atoms with Crippen molar-refractivity contribution in [2.45, 2.75) is 12.8 Å². The molecular formula is C57H38N2. The van der Waals surface area contributed by atoms with Crippen molar-refractivity contribution in [2.75, 3.05) is 4.90 Å². The molecule has 0 aromatic heterocycles. The molecule has 0 fully saturated rings. The van der Waals surface area contributed by atoms with Gasteiger partial charge in [-0.05, 0) is 144 Å². The fraction of sp³-hybridized carbons (Fsp3) is 0.0351. The van der Waals surface area contributed by atoms with E-state index in [2.05, 4.69) is 211 Å². The Morgan fingerprint density at radius 2 is 0.898 bits per heavy atom. The number of rotatable bonds is 7. The van der Waals surface area contributed by atoms with E-state index in [1.807, 2.05) is 6.08 Å². The van der Waals surface area contributed by atoms with Crippen molar-refractivity contribution in [3.05, 3.63) is 217 Å². The van der Waals surface area contributed by atoms with Crippen LogP contribution in [0.25, 0.3) is 82.8 Å². The highest BCUT2D eigenvalue weighted by Crippen LogP contribution is 2.58. The maximum atomic E-state index is 9.97. The quantitative estimate of drug-likeness (QED) is 0.162. The van der Waals surface area contributed by atoms with Crippen LogP contribution in [-0.2, 0) is 0 Å². The van der Waals surface area contributed by atoms with Crippen LogP contribution >= 0.6 is 0 Å². The van der Waals surface area contributed by atoms with Gasteiger partial charge < -0.3 is 4.90 Å². The number of para-hydroxylation sites is 1. The number of hydrogen-bond donors (Lipinski definition) is 0. The van der Waals surface area contributed by atoms with Gasteiger partial charge in [0.1, 0.15) is 0 Å². The van der Waals surface area contributed by atoms with Gasteiger partial charge in [-0.2, -0.15) is 5.26 Å². The third-order valence-electron chi connectivity index (χ3n) is 12.1. The first kappa shape index (κ1) is 34.5. The maximum absolute atomic E-state index is 9.97. The highest BCUT2D eigenvalue weighted by Gasteiger charge is 2.31. The van der Waals surface area contributed by atoms with Crippen LogP contribution in [0.4, 0.5) is 17.1 Å². The molecule has 0 radical (unpaired) electrons. The Bertz CT molecular complexity index is 3110. The fourth-order valence-corrected chi connectivity index (χ4v) is 9.60. The zero-order valence-corrected chi connectivity index (χ0v) is 32.4. The predicted molar refractivity (Wildman–Crippen MR) is 248 cm³/mol. The van der Waals surface area contributed by atoms with Crippen molar-refractivity contribution in [2.24, 2.45) is 0 Å². The smallest absolute Gasteiger partial charge is 0.0994 e. The first-order valence-corrected chi connectivity index (χ1v) is 20.4. The SMILES string of the molecule is N#CC1=C(c2cccc(N(c3ccccc3)c3cccc(-c4ccc5c6c(cccc46)-c4c-5c(-c5ccccc5)c5ccccc5c4-c4ccccc4)c3)c2)CCC=C1. The second-order valence-electron chi connectivity index (χ2n) is 15.4. The van der Waals surface area contributed by atoms with E-state index in [9.17, 15) is 5.26 Å². The van der Waals surface area contributed by atoms with Crippen molar-refractivity contribution in [1.29, 1.82) is 5.26 Å². The lowest BCUT2D eigenvalue weighted by atomic mass is 9.82. The summed E-state index contributed by atoms with van der Waals surface area (Å²) in [7, 11) is 0. The molecule has 0 heterocycles. The second-order valence-corrected chi connectivity index (χ2v) is 15.4. The molecule has 9 aromatic rings. The largest absolute Gasteiger partial charge is 0.310 e. The Morgan fingerprint density at radius 3 is 1.54 bits per heavy atom. The molecule has 0 unspecified atom stereocenters. The lowest BCUT2D eigenvalue weighted by Crippen LogP contribution is -2.10. The van der Waals surface area contributed by atoms with Crippen molar-refractivity contribution < 1.29 is 0 Å². The maximum Gasteiger partial charge on any atom is 0.0994 e. The Balaban J connectivity index is 1.12. The molecule has 2 nitrogen and oxygen atoms in total. The minimum atomic E-state index is 0.746. The molecule has 2 aliphatic carbocycles. The summed E-state index contributed by atoms with van der Waals surface area (Å²) in [5, 5.41) is 15.0. The molecule has 2 heteroatoms. The van der Waals surface area contributed by atoms with Crippen LogP contribution in [0.1, 0.15) is 18.4 Å². The summed E-state index contributed by atoms with van der Waals surface area (Å²) in [4.78, 5) is 2.33. The van der Waals surface area contributed by atoms with Crippen molar-refractivity contribution in [3.63, 3.8) is 0 Å². The molecule has 0 bridgehead atoms. The van der Waals surface area contributed by atoms with E-state index in [1.165, 1.54) is 71.6 Å². The molecule has 0 atom stereocenters. The van der Waals surface area contributed by atoms with Crippen LogP contribution in [0.5, 0.6) is 0 Å².